The van der Waals surface area contributed by atoms with Gasteiger partial charge in [0.1, 0.15) is 0 Å². The number of furan rings is 1. The van der Waals surface area contributed by atoms with Gasteiger partial charge >= 0.3 is 5.97 Å². The van der Waals surface area contributed by atoms with Gasteiger partial charge in [0, 0.05) is 4.90 Å². The number of rotatable bonds is 5. The van der Waals surface area contributed by atoms with Crippen LogP contribution >= 0.6 is 11.8 Å². The second-order valence-corrected chi connectivity index (χ2v) is 4.83. The number of anilines is 1. The fraction of sp³-hybridized carbons (Fsp3) is 0.0769. The highest BCUT2D eigenvalue weighted by molar-refractivity contribution is 7.99. The quantitative estimate of drug-likeness (QED) is 0.825. The molecule has 0 atom stereocenters. The predicted octanol–water partition coefficient (Wildman–Crippen LogP) is 3.54. The van der Waals surface area contributed by atoms with E-state index in [1.165, 1.54) is 18.2 Å². The van der Waals surface area contributed by atoms with Crippen LogP contribution in [0.15, 0.2) is 45.7 Å². The third-order valence-corrected chi connectivity index (χ3v) is 3.18. The van der Waals surface area contributed by atoms with Crippen LogP contribution in [0.5, 0.6) is 0 Å². The van der Waals surface area contributed by atoms with Gasteiger partial charge in [0.15, 0.2) is 5.76 Å². The number of hydrogen-bond acceptors (Lipinski definition) is 4. The van der Waals surface area contributed by atoms with E-state index in [-0.39, 0.29) is 22.1 Å². The van der Waals surface area contributed by atoms with E-state index in [1.54, 1.807) is 12.1 Å². The minimum absolute atomic E-state index is 0.195. The number of carbonyl (C=O) groups excluding carboxylic acids is 1. The van der Waals surface area contributed by atoms with E-state index in [0.717, 1.165) is 6.07 Å². The van der Waals surface area contributed by atoms with E-state index < -0.39 is 17.6 Å². The van der Waals surface area contributed by atoms with Gasteiger partial charge < -0.3 is 14.8 Å². The maximum Gasteiger partial charge on any atom is 0.371 e. The zero-order valence-electron chi connectivity index (χ0n) is 10.4. The molecule has 0 bridgehead atoms. The number of carboxylic acid groups (broad SMARTS) is 1. The van der Waals surface area contributed by atoms with Crippen molar-refractivity contribution >= 4 is 29.3 Å². The number of para-hydroxylation sites is 1. The summed E-state index contributed by atoms with van der Waals surface area (Å²) in [6, 6.07) is 8.38. The average molecular weight is 313 g/mol. The standard InChI is InChI=1S/C13H9F2NO4S/c14-13(15)21-10-4-2-1-3-7(10)16-11(17)8-5-6-9(20-8)12(18)19/h1-6,13H,(H,16,17)(H,18,19). The first kappa shape index (κ1) is 15.0. The Hall–Kier alpha value is -2.35. The van der Waals surface area contributed by atoms with Gasteiger partial charge in [-0.25, -0.2) is 4.79 Å². The predicted molar refractivity (Wildman–Crippen MR) is 71.9 cm³/mol. The number of alkyl halides is 2. The van der Waals surface area contributed by atoms with Crippen molar-refractivity contribution in [3.63, 3.8) is 0 Å². The Bertz CT molecular complexity index is 672. The first-order valence-electron chi connectivity index (χ1n) is 5.65. The van der Waals surface area contributed by atoms with Crippen molar-refractivity contribution < 1.29 is 27.9 Å². The molecule has 0 aliphatic carbocycles. The van der Waals surface area contributed by atoms with E-state index >= 15 is 0 Å². The molecule has 1 amide bonds. The van der Waals surface area contributed by atoms with Gasteiger partial charge in [0.05, 0.1) is 5.69 Å². The Morgan fingerprint density at radius 1 is 1.14 bits per heavy atom. The van der Waals surface area contributed by atoms with Crippen LogP contribution in [-0.2, 0) is 0 Å². The molecular weight excluding hydrogens is 304 g/mol. The van der Waals surface area contributed by atoms with Crippen LogP contribution in [0.3, 0.4) is 0 Å². The Balaban J connectivity index is 2.17. The van der Waals surface area contributed by atoms with Gasteiger partial charge in [-0.05, 0) is 24.3 Å². The molecule has 1 aromatic heterocycles. The first-order valence-corrected chi connectivity index (χ1v) is 6.53. The van der Waals surface area contributed by atoms with Gasteiger partial charge in [-0.2, -0.15) is 8.78 Å². The maximum atomic E-state index is 12.4. The molecule has 8 heteroatoms. The summed E-state index contributed by atoms with van der Waals surface area (Å²) in [4.78, 5) is 22.8. The van der Waals surface area contributed by atoms with Crippen LogP contribution in [0.25, 0.3) is 0 Å². The summed E-state index contributed by atoms with van der Waals surface area (Å²) in [6.45, 7) is 0. The van der Waals surface area contributed by atoms with Crippen LogP contribution in [-0.4, -0.2) is 22.7 Å². The van der Waals surface area contributed by atoms with E-state index in [9.17, 15) is 18.4 Å². The second kappa shape index (κ2) is 6.40. The Labute approximate surface area is 121 Å². The minimum Gasteiger partial charge on any atom is -0.475 e. The van der Waals surface area contributed by atoms with E-state index in [2.05, 4.69) is 5.32 Å². The van der Waals surface area contributed by atoms with Crippen LogP contribution in [0.1, 0.15) is 21.1 Å². The molecule has 21 heavy (non-hydrogen) atoms. The number of amides is 1. The smallest absolute Gasteiger partial charge is 0.371 e. The largest absolute Gasteiger partial charge is 0.475 e. The van der Waals surface area contributed by atoms with Crippen molar-refractivity contribution in [3.05, 3.63) is 47.9 Å². The maximum absolute atomic E-state index is 12.4. The zero-order valence-corrected chi connectivity index (χ0v) is 11.2. The van der Waals surface area contributed by atoms with Crippen molar-refractivity contribution in [1.82, 2.24) is 0 Å². The van der Waals surface area contributed by atoms with Crippen LogP contribution < -0.4 is 5.32 Å². The summed E-state index contributed by atoms with van der Waals surface area (Å²) in [5.41, 5.74) is 0.195. The zero-order chi connectivity index (χ0) is 15.4. The van der Waals surface area contributed by atoms with Gasteiger partial charge in [0.25, 0.3) is 11.7 Å². The molecule has 2 aromatic rings. The molecule has 2 rings (SSSR count). The van der Waals surface area contributed by atoms with E-state index in [0.29, 0.717) is 11.8 Å². The summed E-state index contributed by atoms with van der Waals surface area (Å²) in [7, 11) is 0. The molecule has 0 unspecified atom stereocenters. The number of thioether (sulfide) groups is 1. The molecule has 1 aromatic carbocycles. The molecule has 0 aliphatic heterocycles. The lowest BCUT2D eigenvalue weighted by molar-refractivity contribution is 0.0660. The topological polar surface area (TPSA) is 79.5 Å². The van der Waals surface area contributed by atoms with Crippen LogP contribution in [0, 0.1) is 0 Å². The molecule has 0 fully saturated rings. The van der Waals surface area contributed by atoms with Crippen molar-refractivity contribution in [2.45, 2.75) is 10.7 Å². The second-order valence-electron chi connectivity index (χ2n) is 3.80. The van der Waals surface area contributed by atoms with Crippen LogP contribution in [0.2, 0.25) is 0 Å². The summed E-state index contributed by atoms with van der Waals surface area (Å²) in [5, 5.41) is 11.1. The fourth-order valence-corrected chi connectivity index (χ4v) is 2.12. The van der Waals surface area contributed by atoms with Crippen molar-refractivity contribution in [2.24, 2.45) is 0 Å². The Kier molecular flexibility index (Phi) is 4.59. The average Bonchev–Trinajstić information content (AvgIpc) is 2.90. The minimum atomic E-state index is -2.62. The lowest BCUT2D eigenvalue weighted by Crippen LogP contribution is -2.11. The molecule has 0 saturated heterocycles. The molecular formula is C13H9F2NO4S. The summed E-state index contributed by atoms with van der Waals surface area (Å²) in [6.07, 6.45) is 0. The highest BCUT2D eigenvalue weighted by Crippen LogP contribution is 2.31. The van der Waals surface area contributed by atoms with Gasteiger partial charge in [0.2, 0.25) is 5.76 Å². The Morgan fingerprint density at radius 2 is 1.81 bits per heavy atom. The lowest BCUT2D eigenvalue weighted by Gasteiger charge is -2.09. The highest BCUT2D eigenvalue weighted by atomic mass is 32.2. The molecule has 0 saturated carbocycles. The molecule has 5 nitrogen and oxygen atoms in total. The number of nitrogens with one attached hydrogen (secondary N) is 1. The number of carboxylic acids is 1. The molecule has 2 N–H and O–H groups in total. The molecule has 110 valence electrons. The normalized spacial score (nSPS) is 10.6. The van der Waals surface area contributed by atoms with Crippen molar-refractivity contribution in [2.75, 3.05) is 5.32 Å². The van der Waals surface area contributed by atoms with Gasteiger partial charge in [-0.1, -0.05) is 23.9 Å². The van der Waals surface area contributed by atoms with Crippen molar-refractivity contribution in [3.8, 4) is 0 Å². The molecule has 0 spiro atoms. The third kappa shape index (κ3) is 3.82. The SMILES string of the molecule is O=C(O)c1ccc(C(=O)Nc2ccccc2SC(F)F)o1. The number of aromatic carboxylic acids is 1. The summed E-state index contributed by atoms with van der Waals surface area (Å²) in [5.74, 6) is -5.24. The highest BCUT2D eigenvalue weighted by Gasteiger charge is 2.17. The number of carbonyl (C=O) groups is 2. The lowest BCUT2D eigenvalue weighted by atomic mass is 10.3. The number of benzene rings is 1. The van der Waals surface area contributed by atoms with E-state index in [4.69, 9.17) is 9.52 Å². The third-order valence-electron chi connectivity index (χ3n) is 2.39. The molecule has 0 radical (unpaired) electrons. The summed E-state index contributed by atoms with van der Waals surface area (Å²) >= 11 is 0.300. The number of hydrogen-bond donors (Lipinski definition) is 2. The van der Waals surface area contributed by atoms with Gasteiger partial charge in [-0.15, -0.1) is 0 Å². The molecule has 0 aliphatic rings. The fourth-order valence-electron chi connectivity index (χ4n) is 1.53. The Morgan fingerprint density at radius 3 is 2.43 bits per heavy atom. The van der Waals surface area contributed by atoms with Crippen molar-refractivity contribution in [1.29, 1.82) is 0 Å². The first-order chi connectivity index (χ1) is 9.97. The monoisotopic (exact) mass is 313 g/mol. The summed E-state index contributed by atoms with van der Waals surface area (Å²) < 4.78 is 29.7. The molecule has 1 heterocycles. The van der Waals surface area contributed by atoms with Gasteiger partial charge in [-0.3, -0.25) is 4.79 Å². The van der Waals surface area contributed by atoms with Crippen LogP contribution in [0.4, 0.5) is 14.5 Å². The number of halogens is 2. The van der Waals surface area contributed by atoms with E-state index in [1.807, 2.05) is 0 Å².